The van der Waals surface area contributed by atoms with Crippen molar-refractivity contribution in [2.45, 2.75) is 13.0 Å². The molecule has 1 aliphatic rings. The van der Waals surface area contributed by atoms with Crippen LogP contribution in [0.25, 0.3) is 0 Å². The normalized spacial score (nSPS) is 14.6. The predicted octanol–water partition coefficient (Wildman–Crippen LogP) is 3.44. The Bertz CT molecular complexity index is 1230. The van der Waals surface area contributed by atoms with Gasteiger partial charge in [0.2, 0.25) is 0 Å². The van der Waals surface area contributed by atoms with Crippen molar-refractivity contribution >= 4 is 23.4 Å². The van der Waals surface area contributed by atoms with E-state index in [1.165, 1.54) is 19.4 Å². The number of carbonyl (C=O) groups excluding carboxylic acids is 1. The summed E-state index contributed by atoms with van der Waals surface area (Å²) < 4.78 is 12.4. The van der Waals surface area contributed by atoms with E-state index in [-0.39, 0.29) is 17.1 Å². The number of amides is 1. The Balaban J connectivity index is 1.78. The van der Waals surface area contributed by atoms with E-state index < -0.39 is 17.9 Å². The van der Waals surface area contributed by atoms with Crippen molar-refractivity contribution in [2.75, 3.05) is 24.9 Å². The molecule has 0 fully saturated rings. The van der Waals surface area contributed by atoms with Gasteiger partial charge in [0, 0.05) is 11.3 Å². The van der Waals surface area contributed by atoms with Gasteiger partial charge in [-0.25, -0.2) is 9.48 Å². The number of benzene rings is 2. The van der Waals surface area contributed by atoms with Gasteiger partial charge >= 0.3 is 5.97 Å². The lowest BCUT2D eigenvalue weighted by Crippen LogP contribution is -2.26. The largest absolute Gasteiger partial charge is 0.497 e. The Hall–Kier alpha value is -4.27. The summed E-state index contributed by atoms with van der Waals surface area (Å²) in [6.07, 6.45) is 2.92. The van der Waals surface area contributed by atoms with Crippen LogP contribution >= 0.6 is 0 Å². The van der Waals surface area contributed by atoms with Gasteiger partial charge in [-0.2, -0.15) is 5.10 Å². The number of hydrogen-bond acceptors (Lipinski definition) is 6. The average Bonchev–Trinajstić information content (AvgIpc) is 3.22. The maximum atomic E-state index is 13.0. The van der Waals surface area contributed by atoms with Gasteiger partial charge in [-0.1, -0.05) is 12.1 Å². The van der Waals surface area contributed by atoms with Gasteiger partial charge in [-0.05, 0) is 48.9 Å². The van der Waals surface area contributed by atoms with Gasteiger partial charge in [-0.15, -0.1) is 0 Å². The Labute approximate surface area is 184 Å². The molecule has 32 heavy (non-hydrogen) atoms. The first-order chi connectivity index (χ1) is 15.4. The molecule has 3 N–H and O–H groups in total. The third-order valence-corrected chi connectivity index (χ3v) is 5.14. The van der Waals surface area contributed by atoms with Crippen LogP contribution in [0.4, 0.5) is 11.5 Å². The van der Waals surface area contributed by atoms with E-state index >= 15 is 0 Å². The molecule has 1 amide bonds. The van der Waals surface area contributed by atoms with E-state index in [0.29, 0.717) is 22.7 Å². The predicted molar refractivity (Wildman–Crippen MR) is 118 cm³/mol. The van der Waals surface area contributed by atoms with E-state index in [1.807, 2.05) is 25.1 Å². The highest BCUT2D eigenvalue weighted by atomic mass is 16.5. The van der Waals surface area contributed by atoms with Crippen LogP contribution < -0.4 is 20.1 Å². The number of ether oxygens (including phenoxy) is 2. The van der Waals surface area contributed by atoms with Gasteiger partial charge in [0.05, 0.1) is 20.4 Å². The number of aromatic nitrogens is 2. The van der Waals surface area contributed by atoms with Gasteiger partial charge < -0.3 is 25.2 Å². The van der Waals surface area contributed by atoms with Gasteiger partial charge in [0.25, 0.3) is 5.91 Å². The second-order valence-corrected chi connectivity index (χ2v) is 7.24. The third-order valence-electron chi connectivity index (χ3n) is 5.14. The molecular weight excluding hydrogens is 412 g/mol. The monoisotopic (exact) mass is 434 g/mol. The first-order valence-electron chi connectivity index (χ1n) is 9.81. The van der Waals surface area contributed by atoms with E-state index in [1.54, 1.807) is 36.1 Å². The van der Waals surface area contributed by atoms with Crippen LogP contribution in [-0.4, -0.2) is 41.0 Å². The molecule has 0 spiro atoms. The van der Waals surface area contributed by atoms with Crippen molar-refractivity contribution < 1.29 is 24.2 Å². The molecule has 9 nitrogen and oxygen atoms in total. The van der Waals surface area contributed by atoms with Crippen LogP contribution in [0.3, 0.4) is 0 Å². The Morgan fingerprint density at radius 1 is 1.16 bits per heavy atom. The molecule has 2 heterocycles. The Morgan fingerprint density at radius 2 is 1.97 bits per heavy atom. The molecule has 1 aromatic heterocycles. The number of hydrogen-bond donors (Lipinski definition) is 3. The lowest BCUT2D eigenvalue weighted by molar-refractivity contribution is -0.132. The van der Waals surface area contributed by atoms with Crippen LogP contribution in [-0.2, 0) is 4.79 Å². The maximum absolute atomic E-state index is 13.0. The lowest BCUT2D eigenvalue weighted by atomic mass is 10.0. The fourth-order valence-corrected chi connectivity index (χ4v) is 3.60. The fraction of sp³-hybridized carbons (Fsp3) is 0.174. The van der Waals surface area contributed by atoms with Crippen molar-refractivity contribution in [3.05, 3.63) is 77.1 Å². The van der Waals surface area contributed by atoms with Gasteiger partial charge in [-0.3, -0.25) is 4.79 Å². The van der Waals surface area contributed by atoms with E-state index in [0.717, 1.165) is 5.56 Å². The Morgan fingerprint density at radius 3 is 2.66 bits per heavy atom. The van der Waals surface area contributed by atoms with Crippen LogP contribution in [0.2, 0.25) is 0 Å². The summed E-state index contributed by atoms with van der Waals surface area (Å²) in [7, 11) is 3.07. The molecule has 0 aliphatic carbocycles. The lowest BCUT2D eigenvalue weighted by Gasteiger charge is -2.26. The minimum absolute atomic E-state index is 0.0718. The highest BCUT2D eigenvalue weighted by Crippen LogP contribution is 2.38. The summed E-state index contributed by atoms with van der Waals surface area (Å²) in [5.41, 5.74) is 2.41. The van der Waals surface area contributed by atoms with Crippen LogP contribution in [0.5, 0.6) is 11.5 Å². The number of aliphatic carboxylic acids is 1. The molecular formula is C23H22N4O5. The minimum Gasteiger partial charge on any atom is -0.497 e. The Kier molecular flexibility index (Phi) is 5.55. The smallest absolute Gasteiger partial charge is 0.352 e. The summed E-state index contributed by atoms with van der Waals surface area (Å²) in [6, 6.07) is 12.0. The zero-order chi connectivity index (χ0) is 22.8. The minimum atomic E-state index is -1.16. The number of carboxylic acid groups (broad SMARTS) is 1. The average molecular weight is 434 g/mol. The van der Waals surface area contributed by atoms with Crippen LogP contribution in [0.1, 0.15) is 27.5 Å². The third kappa shape index (κ3) is 3.87. The number of methoxy groups -OCH3 is 2. The highest BCUT2D eigenvalue weighted by molar-refractivity contribution is 6.08. The van der Waals surface area contributed by atoms with Gasteiger partial charge in [0.1, 0.15) is 34.6 Å². The fourth-order valence-electron chi connectivity index (χ4n) is 3.60. The molecule has 1 atom stereocenters. The summed E-state index contributed by atoms with van der Waals surface area (Å²) in [4.78, 5) is 24.8. The molecule has 164 valence electrons. The molecule has 0 bridgehead atoms. The SMILES string of the molecule is COc1ccc(OC)c([C@@H]2C=C(C(=O)O)Nc3c(C(=O)Nc4cccc(C)c4)cnn32)c1. The number of aryl methyl sites for hydroxylation is 1. The topological polar surface area (TPSA) is 115 Å². The number of allylic oxidation sites excluding steroid dienone is 1. The highest BCUT2D eigenvalue weighted by Gasteiger charge is 2.31. The van der Waals surface area contributed by atoms with Crippen molar-refractivity contribution in [1.29, 1.82) is 0 Å². The molecule has 0 radical (unpaired) electrons. The number of anilines is 2. The zero-order valence-electron chi connectivity index (χ0n) is 17.7. The summed E-state index contributed by atoms with van der Waals surface area (Å²) in [6.45, 7) is 1.93. The molecule has 4 rings (SSSR count). The number of carboxylic acids is 1. The number of nitrogens with one attached hydrogen (secondary N) is 2. The molecule has 1 aliphatic heterocycles. The van der Waals surface area contributed by atoms with E-state index in [2.05, 4.69) is 15.7 Å². The maximum Gasteiger partial charge on any atom is 0.352 e. The summed E-state index contributed by atoms with van der Waals surface area (Å²) in [5.74, 6) is -0.187. The van der Waals surface area contributed by atoms with Gasteiger partial charge in [0.15, 0.2) is 0 Å². The van der Waals surface area contributed by atoms with Crippen molar-refractivity contribution in [2.24, 2.45) is 0 Å². The standard InChI is InChI=1S/C23H22N4O5/c1-13-5-4-6-14(9-13)25-22(28)17-12-24-27-19(11-18(23(29)30)26-21(17)27)16-10-15(31-2)7-8-20(16)32-3/h4-12,19,26H,1-3H3,(H,25,28)(H,29,30)/t19-/m0/s1. The van der Waals surface area contributed by atoms with Crippen molar-refractivity contribution in [3.8, 4) is 11.5 Å². The van der Waals surface area contributed by atoms with Crippen molar-refractivity contribution in [1.82, 2.24) is 9.78 Å². The van der Waals surface area contributed by atoms with E-state index in [9.17, 15) is 14.7 Å². The van der Waals surface area contributed by atoms with E-state index in [4.69, 9.17) is 9.47 Å². The molecule has 3 aromatic rings. The van der Waals surface area contributed by atoms with Crippen LogP contribution in [0, 0.1) is 6.92 Å². The summed E-state index contributed by atoms with van der Waals surface area (Å²) >= 11 is 0. The number of carbonyl (C=O) groups is 2. The quantitative estimate of drug-likeness (QED) is 0.544. The summed E-state index contributed by atoms with van der Waals surface area (Å²) in [5, 5.41) is 19.7. The molecule has 0 unspecified atom stereocenters. The number of rotatable bonds is 6. The molecule has 2 aromatic carbocycles. The number of fused-ring (bicyclic) bond motifs is 1. The number of nitrogens with zero attached hydrogens (tertiary/aromatic N) is 2. The second kappa shape index (κ2) is 8.46. The zero-order valence-corrected chi connectivity index (χ0v) is 17.7. The first kappa shape index (κ1) is 21.0. The van der Waals surface area contributed by atoms with Crippen LogP contribution in [0.15, 0.2) is 60.4 Å². The van der Waals surface area contributed by atoms with Crippen molar-refractivity contribution in [3.63, 3.8) is 0 Å². The second-order valence-electron chi connectivity index (χ2n) is 7.24. The molecule has 0 saturated carbocycles. The molecule has 9 heteroatoms. The molecule has 0 saturated heterocycles. The first-order valence-corrected chi connectivity index (χ1v) is 9.81.